The zero-order chi connectivity index (χ0) is 26.1. The van der Waals surface area contributed by atoms with E-state index in [2.05, 4.69) is 5.32 Å². The summed E-state index contributed by atoms with van der Waals surface area (Å²) in [4.78, 5) is 33.0. The summed E-state index contributed by atoms with van der Waals surface area (Å²) in [5.74, 6) is 0.899. The number of aliphatic imine (C=N–C) groups is 1. The van der Waals surface area contributed by atoms with E-state index in [1.807, 2.05) is 60.7 Å². The van der Waals surface area contributed by atoms with Crippen LogP contribution < -0.4 is 14.8 Å². The van der Waals surface area contributed by atoms with E-state index < -0.39 is 5.25 Å². The van der Waals surface area contributed by atoms with Crippen molar-refractivity contribution in [1.29, 1.82) is 0 Å². The number of amidine groups is 1. The van der Waals surface area contributed by atoms with Gasteiger partial charge in [0, 0.05) is 22.5 Å². The van der Waals surface area contributed by atoms with Gasteiger partial charge in [0.2, 0.25) is 18.6 Å². The highest BCUT2D eigenvalue weighted by Gasteiger charge is 2.39. The molecule has 1 atom stereocenters. The minimum Gasteiger partial charge on any atom is -0.454 e. The van der Waals surface area contributed by atoms with Crippen LogP contribution in [-0.4, -0.2) is 33.9 Å². The van der Waals surface area contributed by atoms with Crippen molar-refractivity contribution in [3.63, 3.8) is 0 Å². The average molecular weight is 544 g/mol. The summed E-state index contributed by atoms with van der Waals surface area (Å²) in [5, 5.41) is 5.42. The number of nitrogens with zero attached hydrogens (tertiary/aromatic N) is 2. The number of carbonyl (C=O) groups is 2. The lowest BCUT2D eigenvalue weighted by Crippen LogP contribution is -2.33. The first kappa shape index (κ1) is 24.3. The first-order chi connectivity index (χ1) is 18.5. The molecule has 0 aliphatic carbocycles. The molecule has 0 aromatic heterocycles. The fraction of sp³-hybridized carbons (Fsp3) is 0.138. The van der Waals surface area contributed by atoms with Gasteiger partial charge in [-0.15, -0.1) is 0 Å². The topological polar surface area (TPSA) is 80.2 Å². The van der Waals surface area contributed by atoms with Crippen molar-refractivity contribution in [3.05, 3.63) is 95.5 Å². The SMILES string of the molecule is O=C(C[C@H]1SC(=Nc2cccc3ccccc23)N(Cc2ccc3c(c2)OCO3)C1=O)Nc1ccc(Cl)cc1. The summed E-state index contributed by atoms with van der Waals surface area (Å²) >= 11 is 7.25. The smallest absolute Gasteiger partial charge is 0.242 e. The van der Waals surface area contributed by atoms with E-state index in [-0.39, 0.29) is 25.0 Å². The molecule has 2 heterocycles. The minimum absolute atomic E-state index is 0.0122. The van der Waals surface area contributed by atoms with Crippen LogP contribution in [0.4, 0.5) is 11.4 Å². The molecule has 0 spiro atoms. The first-order valence-corrected chi connectivity index (χ1v) is 13.3. The van der Waals surface area contributed by atoms with E-state index in [4.69, 9.17) is 26.1 Å². The lowest BCUT2D eigenvalue weighted by Gasteiger charge is -2.17. The van der Waals surface area contributed by atoms with Crippen molar-refractivity contribution in [2.45, 2.75) is 18.2 Å². The Morgan fingerprint density at radius 3 is 2.66 bits per heavy atom. The second kappa shape index (κ2) is 10.4. The zero-order valence-corrected chi connectivity index (χ0v) is 21.7. The number of halogens is 1. The Kier molecular flexibility index (Phi) is 6.66. The van der Waals surface area contributed by atoms with E-state index in [0.717, 1.165) is 22.0 Å². The number of rotatable bonds is 6. The Hall–Kier alpha value is -4.01. The number of ether oxygens (including phenoxy) is 2. The van der Waals surface area contributed by atoms with Crippen LogP contribution in [0.15, 0.2) is 89.9 Å². The van der Waals surface area contributed by atoms with E-state index in [9.17, 15) is 9.59 Å². The summed E-state index contributed by atoms with van der Waals surface area (Å²) in [6, 6.07) is 26.4. The molecule has 4 aromatic rings. The maximum absolute atomic E-state index is 13.6. The Labute approximate surface area is 228 Å². The predicted molar refractivity (Wildman–Crippen MR) is 150 cm³/mol. The lowest BCUT2D eigenvalue weighted by molar-refractivity contribution is -0.128. The Morgan fingerprint density at radius 2 is 1.79 bits per heavy atom. The Balaban J connectivity index is 1.29. The van der Waals surface area contributed by atoms with Gasteiger partial charge < -0.3 is 14.8 Å². The molecule has 0 unspecified atom stereocenters. The molecule has 1 N–H and O–H groups in total. The van der Waals surface area contributed by atoms with Gasteiger partial charge in [0.25, 0.3) is 0 Å². The fourth-order valence-electron chi connectivity index (χ4n) is 4.41. The van der Waals surface area contributed by atoms with Gasteiger partial charge in [0.05, 0.1) is 12.2 Å². The van der Waals surface area contributed by atoms with Gasteiger partial charge in [-0.1, -0.05) is 65.8 Å². The van der Waals surface area contributed by atoms with Gasteiger partial charge in [0.1, 0.15) is 5.25 Å². The van der Waals surface area contributed by atoms with Crippen molar-refractivity contribution < 1.29 is 19.1 Å². The first-order valence-electron chi connectivity index (χ1n) is 12.0. The van der Waals surface area contributed by atoms with Gasteiger partial charge in [0.15, 0.2) is 16.7 Å². The minimum atomic E-state index is -0.606. The van der Waals surface area contributed by atoms with Crippen LogP contribution >= 0.6 is 23.4 Å². The van der Waals surface area contributed by atoms with Crippen molar-refractivity contribution in [3.8, 4) is 11.5 Å². The van der Waals surface area contributed by atoms with Crippen LogP contribution in [0.5, 0.6) is 11.5 Å². The highest BCUT2D eigenvalue weighted by Crippen LogP contribution is 2.37. The molecule has 0 bridgehead atoms. The van der Waals surface area contributed by atoms with E-state index in [1.54, 1.807) is 29.2 Å². The van der Waals surface area contributed by atoms with Gasteiger partial charge in [-0.2, -0.15) is 0 Å². The highest BCUT2D eigenvalue weighted by molar-refractivity contribution is 8.15. The Bertz CT molecular complexity index is 1570. The zero-order valence-electron chi connectivity index (χ0n) is 20.1. The molecular weight excluding hydrogens is 522 g/mol. The summed E-state index contributed by atoms with van der Waals surface area (Å²) in [6.07, 6.45) is 0.0122. The van der Waals surface area contributed by atoms with Crippen LogP contribution in [0, 0.1) is 0 Å². The van der Waals surface area contributed by atoms with Crippen LogP contribution in [0.3, 0.4) is 0 Å². The van der Waals surface area contributed by atoms with Crippen molar-refractivity contribution in [2.75, 3.05) is 12.1 Å². The standard InChI is InChI=1S/C29H22ClN3O4S/c30-20-9-11-21(12-10-20)31-27(34)15-26-28(35)33(16-18-8-13-24-25(14-18)37-17-36-24)29(38-26)32-23-7-3-5-19-4-1-2-6-22(19)23/h1-14,26H,15-17H2,(H,31,34)/t26-/m1/s1. The van der Waals surface area contributed by atoms with E-state index >= 15 is 0 Å². The molecule has 9 heteroatoms. The lowest BCUT2D eigenvalue weighted by atomic mass is 10.1. The third kappa shape index (κ3) is 5.05. The Morgan fingerprint density at radius 1 is 1.00 bits per heavy atom. The molecule has 190 valence electrons. The number of fused-ring (bicyclic) bond motifs is 2. The van der Waals surface area contributed by atoms with Crippen LogP contribution in [-0.2, 0) is 16.1 Å². The van der Waals surface area contributed by atoms with Crippen molar-refractivity contribution >= 4 is 62.5 Å². The summed E-state index contributed by atoms with van der Waals surface area (Å²) in [6.45, 7) is 0.469. The van der Waals surface area contributed by atoms with E-state index in [1.165, 1.54) is 11.8 Å². The van der Waals surface area contributed by atoms with Crippen LogP contribution in [0.1, 0.15) is 12.0 Å². The number of hydrogen-bond acceptors (Lipinski definition) is 6. The second-order valence-corrected chi connectivity index (χ2v) is 10.5. The molecule has 1 fully saturated rings. The fourth-order valence-corrected chi connectivity index (χ4v) is 5.69. The maximum atomic E-state index is 13.6. The largest absolute Gasteiger partial charge is 0.454 e. The molecule has 6 rings (SSSR count). The van der Waals surface area contributed by atoms with Crippen molar-refractivity contribution in [1.82, 2.24) is 4.90 Å². The second-order valence-electron chi connectivity index (χ2n) is 8.87. The van der Waals surface area contributed by atoms with E-state index in [0.29, 0.717) is 33.9 Å². The monoisotopic (exact) mass is 543 g/mol. The van der Waals surface area contributed by atoms with Gasteiger partial charge >= 0.3 is 0 Å². The molecule has 0 saturated carbocycles. The normalized spacial score (nSPS) is 17.4. The molecule has 2 aliphatic heterocycles. The van der Waals surface area contributed by atoms with Crippen molar-refractivity contribution in [2.24, 2.45) is 4.99 Å². The summed E-state index contributed by atoms with van der Waals surface area (Å²) in [5.41, 5.74) is 2.26. The van der Waals surface area contributed by atoms with Gasteiger partial charge in [-0.3, -0.25) is 14.5 Å². The maximum Gasteiger partial charge on any atom is 0.242 e. The number of carbonyl (C=O) groups excluding carboxylic acids is 2. The number of benzene rings is 4. The summed E-state index contributed by atoms with van der Waals surface area (Å²) in [7, 11) is 0. The quantitative estimate of drug-likeness (QED) is 0.305. The third-order valence-corrected chi connectivity index (χ3v) is 7.71. The van der Waals surface area contributed by atoms with Crippen LogP contribution in [0.25, 0.3) is 10.8 Å². The summed E-state index contributed by atoms with van der Waals surface area (Å²) < 4.78 is 10.9. The highest BCUT2D eigenvalue weighted by atomic mass is 35.5. The van der Waals surface area contributed by atoms with Crippen LogP contribution in [0.2, 0.25) is 5.02 Å². The molecule has 1 saturated heterocycles. The average Bonchev–Trinajstić information content (AvgIpc) is 3.50. The van der Waals surface area contributed by atoms with Gasteiger partial charge in [-0.05, 0) is 53.4 Å². The molecule has 2 aliphatic rings. The number of hydrogen-bond donors (Lipinski definition) is 1. The number of thioether (sulfide) groups is 1. The molecular formula is C29H22ClN3O4S. The molecule has 2 amide bonds. The number of nitrogens with one attached hydrogen (secondary N) is 1. The molecule has 38 heavy (non-hydrogen) atoms. The molecule has 7 nitrogen and oxygen atoms in total. The molecule has 0 radical (unpaired) electrons. The predicted octanol–water partition coefficient (Wildman–Crippen LogP) is 6.38. The number of anilines is 1. The van der Waals surface area contributed by atoms with Gasteiger partial charge in [-0.25, -0.2) is 4.99 Å². The number of amides is 2. The molecule has 4 aromatic carbocycles. The third-order valence-electron chi connectivity index (χ3n) is 6.28.